The van der Waals surface area contributed by atoms with E-state index in [1.165, 1.54) is 29.9 Å². The van der Waals surface area contributed by atoms with Crippen LogP contribution in [0.25, 0.3) is 11.0 Å². The average molecular weight is 441 g/mol. The van der Waals surface area contributed by atoms with Crippen LogP contribution in [-0.4, -0.2) is 33.8 Å². The van der Waals surface area contributed by atoms with Gasteiger partial charge < -0.3 is 4.74 Å². The molecule has 29 heavy (non-hydrogen) atoms. The maximum atomic E-state index is 13.1. The Labute approximate surface area is 172 Å². The van der Waals surface area contributed by atoms with Crippen LogP contribution in [0, 0.1) is 0 Å². The van der Waals surface area contributed by atoms with Crippen LogP contribution in [0.15, 0.2) is 38.9 Å². The van der Waals surface area contributed by atoms with Crippen LogP contribution < -0.4 is 16.0 Å². The van der Waals surface area contributed by atoms with Gasteiger partial charge in [-0.1, -0.05) is 11.6 Å². The Kier molecular flexibility index (Phi) is 5.35. The highest BCUT2D eigenvalue weighted by Crippen LogP contribution is 2.28. The molecule has 0 aliphatic rings. The topological polar surface area (TPSA) is 105 Å². The molecule has 0 atom stereocenters. The van der Waals surface area contributed by atoms with E-state index < -0.39 is 27.3 Å². The summed E-state index contributed by atoms with van der Waals surface area (Å²) >= 11 is 6.05. The number of hydrogen-bond donors (Lipinski definition) is 0. The summed E-state index contributed by atoms with van der Waals surface area (Å²) in [5, 5.41) is 4.23. The Bertz CT molecular complexity index is 1320. The highest BCUT2D eigenvalue weighted by atomic mass is 35.5. The first-order valence-electron chi connectivity index (χ1n) is 8.86. The third kappa shape index (κ3) is 3.36. The van der Waals surface area contributed by atoms with Gasteiger partial charge in [-0.15, -0.1) is 5.10 Å². The lowest BCUT2D eigenvalue weighted by molar-refractivity contribution is 0.414. The predicted molar refractivity (Wildman–Crippen MR) is 110 cm³/mol. The summed E-state index contributed by atoms with van der Waals surface area (Å²) in [4.78, 5) is 25.5. The molecular weight excluding hydrogens is 420 g/mol. The SMILES string of the molecule is COc1ccc(S(=O)(=O)n2cc3c(=O)n(C(C)C)c(=O)n(C(C)C)c3n2)cc1Cl. The minimum atomic E-state index is -4.15. The van der Waals surface area contributed by atoms with E-state index in [-0.39, 0.29) is 27.0 Å². The molecule has 0 radical (unpaired) electrons. The number of rotatable bonds is 5. The first-order chi connectivity index (χ1) is 13.5. The van der Waals surface area contributed by atoms with Gasteiger partial charge >= 0.3 is 5.69 Å². The molecule has 156 valence electrons. The molecule has 0 spiro atoms. The van der Waals surface area contributed by atoms with Crippen molar-refractivity contribution >= 4 is 32.7 Å². The van der Waals surface area contributed by atoms with Gasteiger partial charge in [0.1, 0.15) is 11.1 Å². The Balaban J connectivity index is 2.34. The van der Waals surface area contributed by atoms with Crippen LogP contribution >= 0.6 is 11.6 Å². The summed E-state index contributed by atoms with van der Waals surface area (Å²) in [7, 11) is -2.73. The Morgan fingerprint density at radius 2 is 1.69 bits per heavy atom. The number of nitrogens with zero attached hydrogens (tertiary/aromatic N) is 4. The number of aromatic nitrogens is 4. The van der Waals surface area contributed by atoms with E-state index in [1.807, 2.05) is 0 Å². The third-order valence-electron chi connectivity index (χ3n) is 4.46. The lowest BCUT2D eigenvalue weighted by atomic mass is 10.3. The highest BCUT2D eigenvalue weighted by Gasteiger charge is 2.25. The molecule has 1 aromatic carbocycles. The zero-order chi connectivity index (χ0) is 21.7. The Hall–Kier alpha value is -2.59. The molecule has 0 fully saturated rings. The number of benzene rings is 1. The van der Waals surface area contributed by atoms with E-state index in [1.54, 1.807) is 27.7 Å². The standard InChI is InChI=1S/C18H21ClN4O5S/c1-10(2)22-16-13(17(24)23(11(3)4)18(22)25)9-21(20-16)29(26,27)12-6-7-15(28-5)14(19)8-12/h6-11H,1-5H3. The lowest BCUT2D eigenvalue weighted by Gasteiger charge is -2.15. The number of methoxy groups -OCH3 is 1. The van der Waals surface area contributed by atoms with Gasteiger partial charge in [0.05, 0.1) is 23.2 Å². The molecule has 0 N–H and O–H groups in total. The molecule has 3 aromatic rings. The molecular formula is C18H21ClN4O5S. The molecule has 0 saturated carbocycles. The molecule has 0 aliphatic carbocycles. The van der Waals surface area contributed by atoms with Crippen LogP contribution in [0.4, 0.5) is 0 Å². The third-order valence-corrected chi connectivity index (χ3v) is 6.29. The highest BCUT2D eigenvalue weighted by molar-refractivity contribution is 7.89. The first kappa shape index (κ1) is 21.1. The second-order valence-corrected chi connectivity index (χ2v) is 9.26. The molecule has 2 heterocycles. The Morgan fingerprint density at radius 3 is 2.21 bits per heavy atom. The van der Waals surface area contributed by atoms with Crippen molar-refractivity contribution in [2.75, 3.05) is 7.11 Å². The van der Waals surface area contributed by atoms with Crippen molar-refractivity contribution in [3.8, 4) is 5.75 Å². The molecule has 0 amide bonds. The second-order valence-electron chi connectivity index (χ2n) is 7.06. The van der Waals surface area contributed by atoms with Crippen LogP contribution in [-0.2, 0) is 10.0 Å². The predicted octanol–water partition coefficient (Wildman–Crippen LogP) is 2.42. The lowest BCUT2D eigenvalue weighted by Crippen LogP contribution is -2.41. The largest absolute Gasteiger partial charge is 0.495 e. The average Bonchev–Trinajstić information content (AvgIpc) is 3.07. The van der Waals surface area contributed by atoms with Gasteiger partial charge in [0.15, 0.2) is 5.65 Å². The fourth-order valence-corrected chi connectivity index (χ4v) is 4.53. The maximum absolute atomic E-state index is 13.1. The van der Waals surface area contributed by atoms with Gasteiger partial charge in [-0.3, -0.25) is 13.9 Å². The van der Waals surface area contributed by atoms with E-state index in [9.17, 15) is 18.0 Å². The summed E-state index contributed by atoms with van der Waals surface area (Å²) in [6, 6.07) is 3.26. The monoisotopic (exact) mass is 440 g/mol. The summed E-state index contributed by atoms with van der Waals surface area (Å²) in [6.45, 7) is 6.93. The van der Waals surface area contributed by atoms with Crippen molar-refractivity contribution in [3.05, 3.63) is 50.3 Å². The molecule has 11 heteroatoms. The van der Waals surface area contributed by atoms with Crippen molar-refractivity contribution in [2.24, 2.45) is 0 Å². The zero-order valence-electron chi connectivity index (χ0n) is 16.6. The van der Waals surface area contributed by atoms with Gasteiger partial charge in [0.2, 0.25) is 0 Å². The number of hydrogen-bond acceptors (Lipinski definition) is 6. The first-order valence-corrected chi connectivity index (χ1v) is 10.7. The maximum Gasteiger partial charge on any atom is 0.333 e. The molecule has 0 unspecified atom stereocenters. The van der Waals surface area contributed by atoms with Crippen LogP contribution in [0.5, 0.6) is 5.75 Å². The van der Waals surface area contributed by atoms with E-state index in [4.69, 9.17) is 16.3 Å². The van der Waals surface area contributed by atoms with E-state index in [0.29, 0.717) is 9.84 Å². The second kappa shape index (κ2) is 7.34. The van der Waals surface area contributed by atoms with E-state index in [0.717, 1.165) is 10.8 Å². The molecule has 0 bridgehead atoms. The van der Waals surface area contributed by atoms with Gasteiger partial charge in [0.25, 0.3) is 15.6 Å². The van der Waals surface area contributed by atoms with E-state index in [2.05, 4.69) is 5.10 Å². The number of fused-ring (bicyclic) bond motifs is 1. The van der Waals surface area contributed by atoms with E-state index >= 15 is 0 Å². The Morgan fingerprint density at radius 1 is 1.07 bits per heavy atom. The summed E-state index contributed by atoms with van der Waals surface area (Å²) < 4.78 is 34.2. The van der Waals surface area contributed by atoms with Gasteiger partial charge in [-0.25, -0.2) is 4.79 Å². The summed E-state index contributed by atoms with van der Waals surface area (Å²) in [6.07, 6.45) is 1.13. The fourth-order valence-electron chi connectivity index (χ4n) is 3.06. The normalized spacial score (nSPS) is 12.3. The van der Waals surface area contributed by atoms with Gasteiger partial charge in [-0.2, -0.15) is 12.5 Å². The summed E-state index contributed by atoms with van der Waals surface area (Å²) in [5.41, 5.74) is -1.12. The minimum Gasteiger partial charge on any atom is -0.495 e. The van der Waals surface area contributed by atoms with Crippen molar-refractivity contribution in [2.45, 2.75) is 44.7 Å². The molecule has 9 nitrogen and oxygen atoms in total. The number of halogens is 1. The van der Waals surface area contributed by atoms with Gasteiger partial charge in [0, 0.05) is 12.1 Å². The number of ether oxygens (including phenoxy) is 1. The van der Waals surface area contributed by atoms with Crippen LogP contribution in [0.3, 0.4) is 0 Å². The molecule has 3 rings (SSSR count). The van der Waals surface area contributed by atoms with Crippen molar-refractivity contribution in [1.29, 1.82) is 0 Å². The molecule has 0 saturated heterocycles. The summed E-state index contributed by atoms with van der Waals surface area (Å²) in [5.74, 6) is 0.324. The fraction of sp³-hybridized carbons (Fsp3) is 0.389. The van der Waals surface area contributed by atoms with Crippen LogP contribution in [0.2, 0.25) is 5.02 Å². The van der Waals surface area contributed by atoms with Crippen LogP contribution in [0.1, 0.15) is 39.8 Å². The smallest absolute Gasteiger partial charge is 0.333 e. The van der Waals surface area contributed by atoms with Crippen molar-refractivity contribution in [3.63, 3.8) is 0 Å². The molecule has 2 aromatic heterocycles. The molecule has 0 aliphatic heterocycles. The minimum absolute atomic E-state index is 0.00934. The van der Waals surface area contributed by atoms with Crippen molar-refractivity contribution in [1.82, 2.24) is 18.3 Å². The quantitative estimate of drug-likeness (QED) is 0.603. The zero-order valence-corrected chi connectivity index (χ0v) is 18.2. The van der Waals surface area contributed by atoms with Crippen molar-refractivity contribution < 1.29 is 13.2 Å². The van der Waals surface area contributed by atoms with Gasteiger partial charge in [-0.05, 0) is 45.9 Å².